The van der Waals surface area contributed by atoms with Gasteiger partial charge in [0, 0.05) is 18.7 Å². The summed E-state index contributed by atoms with van der Waals surface area (Å²) in [6.45, 7) is 2.81. The molecule has 6 heteroatoms. The first kappa shape index (κ1) is 14.2. The molecule has 3 nitrogen and oxygen atoms in total. The van der Waals surface area contributed by atoms with E-state index in [0.29, 0.717) is 11.8 Å². The van der Waals surface area contributed by atoms with Gasteiger partial charge in [-0.25, -0.2) is 13.2 Å². The van der Waals surface area contributed by atoms with E-state index in [4.69, 9.17) is 0 Å². The van der Waals surface area contributed by atoms with Crippen LogP contribution in [0.1, 0.15) is 13.3 Å². The summed E-state index contributed by atoms with van der Waals surface area (Å²) in [5.74, 6) is -3.19. The zero-order chi connectivity index (χ0) is 14.5. The first-order valence-electron chi connectivity index (χ1n) is 6.20. The highest BCUT2D eigenvalue weighted by Crippen LogP contribution is 2.23. The van der Waals surface area contributed by atoms with Crippen molar-refractivity contribution in [2.45, 2.75) is 13.3 Å². The average molecular weight is 281 g/mol. The van der Waals surface area contributed by atoms with Crippen LogP contribution in [0.15, 0.2) is 30.6 Å². The fourth-order valence-electron chi connectivity index (χ4n) is 1.65. The van der Waals surface area contributed by atoms with Gasteiger partial charge in [0.1, 0.15) is 5.82 Å². The van der Waals surface area contributed by atoms with Crippen LogP contribution in [-0.4, -0.2) is 11.5 Å². The predicted molar refractivity (Wildman–Crippen MR) is 72.6 cm³/mol. The smallest absolute Gasteiger partial charge is 0.161 e. The number of pyridine rings is 1. The Morgan fingerprint density at radius 3 is 2.40 bits per heavy atom. The summed E-state index contributed by atoms with van der Waals surface area (Å²) < 4.78 is 39.4. The van der Waals surface area contributed by atoms with Crippen LogP contribution in [0.3, 0.4) is 0 Å². The largest absolute Gasteiger partial charge is 0.384 e. The number of aromatic nitrogens is 1. The number of hydrogen-bond acceptors (Lipinski definition) is 3. The lowest BCUT2D eigenvalue weighted by atomic mass is 10.2. The van der Waals surface area contributed by atoms with Crippen molar-refractivity contribution in [3.63, 3.8) is 0 Å². The molecule has 0 amide bonds. The lowest BCUT2D eigenvalue weighted by molar-refractivity contribution is 0.496. The van der Waals surface area contributed by atoms with Gasteiger partial charge < -0.3 is 10.6 Å². The molecule has 2 aromatic rings. The van der Waals surface area contributed by atoms with E-state index < -0.39 is 17.5 Å². The quantitative estimate of drug-likeness (QED) is 0.811. The third-order valence-corrected chi connectivity index (χ3v) is 2.61. The highest BCUT2D eigenvalue weighted by molar-refractivity contribution is 5.63. The molecule has 1 heterocycles. The van der Waals surface area contributed by atoms with Crippen molar-refractivity contribution in [2.24, 2.45) is 0 Å². The minimum Gasteiger partial charge on any atom is -0.384 e. The molecule has 0 saturated heterocycles. The molecule has 1 aromatic heterocycles. The Morgan fingerprint density at radius 1 is 0.950 bits per heavy atom. The normalized spacial score (nSPS) is 10.4. The first-order valence-corrected chi connectivity index (χ1v) is 6.20. The van der Waals surface area contributed by atoms with Crippen LogP contribution in [-0.2, 0) is 0 Å². The van der Waals surface area contributed by atoms with E-state index in [0.717, 1.165) is 24.7 Å². The molecule has 1 aromatic carbocycles. The Kier molecular flexibility index (Phi) is 4.45. The van der Waals surface area contributed by atoms with Crippen LogP contribution in [0.2, 0.25) is 0 Å². The molecule has 0 aliphatic rings. The second-order valence-corrected chi connectivity index (χ2v) is 4.26. The molecule has 20 heavy (non-hydrogen) atoms. The van der Waals surface area contributed by atoms with Crippen LogP contribution >= 0.6 is 0 Å². The molecule has 0 fully saturated rings. The lowest BCUT2D eigenvalue weighted by Gasteiger charge is -2.10. The number of anilines is 3. The molecule has 0 unspecified atom stereocenters. The van der Waals surface area contributed by atoms with Gasteiger partial charge in [0.05, 0.1) is 29.5 Å². The van der Waals surface area contributed by atoms with Crippen molar-refractivity contribution in [2.75, 3.05) is 17.2 Å². The maximum atomic E-state index is 13.5. The molecule has 0 bridgehead atoms. The molecule has 0 atom stereocenters. The second-order valence-electron chi connectivity index (χ2n) is 4.26. The average Bonchev–Trinajstić information content (AvgIpc) is 2.43. The molecule has 0 spiro atoms. The van der Waals surface area contributed by atoms with E-state index in [9.17, 15) is 13.2 Å². The van der Waals surface area contributed by atoms with Crippen molar-refractivity contribution in [3.8, 4) is 0 Å². The fraction of sp³-hybridized carbons (Fsp3) is 0.214. The number of rotatable bonds is 5. The summed E-state index contributed by atoms with van der Waals surface area (Å²) in [6, 6.07) is 2.99. The molecule has 0 radical (unpaired) electrons. The van der Waals surface area contributed by atoms with E-state index in [1.807, 2.05) is 6.92 Å². The van der Waals surface area contributed by atoms with Gasteiger partial charge in [-0.2, -0.15) is 0 Å². The topological polar surface area (TPSA) is 37.0 Å². The standard InChI is InChI=1S/C14H14F3N3/c1-2-3-19-9-4-10(8-18-7-9)20-14-6-12(16)11(15)5-13(14)17/h4-8,19-20H,2-3H2,1H3. The number of halogens is 3. The Labute approximate surface area is 114 Å². The summed E-state index contributed by atoms with van der Waals surface area (Å²) in [4.78, 5) is 3.99. The van der Waals surface area contributed by atoms with E-state index in [1.165, 1.54) is 6.20 Å². The summed E-state index contributed by atoms with van der Waals surface area (Å²) in [5.41, 5.74) is 1.11. The zero-order valence-electron chi connectivity index (χ0n) is 10.9. The minimum atomic E-state index is -1.22. The summed E-state index contributed by atoms with van der Waals surface area (Å²) in [7, 11) is 0. The van der Waals surface area contributed by atoms with Gasteiger partial charge in [-0.05, 0) is 12.5 Å². The van der Waals surface area contributed by atoms with Gasteiger partial charge in [0.25, 0.3) is 0 Å². The second kappa shape index (κ2) is 6.27. The van der Waals surface area contributed by atoms with Crippen LogP contribution in [0.4, 0.5) is 30.2 Å². The maximum Gasteiger partial charge on any atom is 0.161 e. The van der Waals surface area contributed by atoms with Crippen molar-refractivity contribution >= 4 is 17.1 Å². The van der Waals surface area contributed by atoms with Crippen molar-refractivity contribution in [3.05, 3.63) is 48.0 Å². The molecule has 106 valence electrons. The Balaban J connectivity index is 2.19. The van der Waals surface area contributed by atoms with E-state index >= 15 is 0 Å². The Hall–Kier alpha value is -2.24. The zero-order valence-corrected chi connectivity index (χ0v) is 10.9. The first-order chi connectivity index (χ1) is 9.60. The Bertz CT molecular complexity index is 602. The third-order valence-electron chi connectivity index (χ3n) is 2.61. The van der Waals surface area contributed by atoms with Crippen LogP contribution in [0.25, 0.3) is 0 Å². The predicted octanol–water partition coefficient (Wildman–Crippen LogP) is 4.06. The molecule has 0 saturated carbocycles. The van der Waals surface area contributed by atoms with Crippen LogP contribution < -0.4 is 10.6 Å². The van der Waals surface area contributed by atoms with E-state index in [-0.39, 0.29) is 5.69 Å². The van der Waals surface area contributed by atoms with Gasteiger partial charge >= 0.3 is 0 Å². The minimum absolute atomic E-state index is 0.140. The van der Waals surface area contributed by atoms with Gasteiger partial charge in [0.15, 0.2) is 11.6 Å². The third kappa shape index (κ3) is 3.40. The van der Waals surface area contributed by atoms with Crippen LogP contribution in [0, 0.1) is 17.5 Å². The monoisotopic (exact) mass is 281 g/mol. The van der Waals surface area contributed by atoms with Gasteiger partial charge in [-0.15, -0.1) is 0 Å². The maximum absolute atomic E-state index is 13.5. The van der Waals surface area contributed by atoms with E-state index in [1.54, 1.807) is 12.3 Å². The summed E-state index contributed by atoms with van der Waals surface area (Å²) in [6.07, 6.45) is 4.05. The number of nitrogens with one attached hydrogen (secondary N) is 2. The molecular formula is C14H14F3N3. The Morgan fingerprint density at radius 2 is 1.65 bits per heavy atom. The van der Waals surface area contributed by atoms with Crippen molar-refractivity contribution in [1.82, 2.24) is 4.98 Å². The van der Waals surface area contributed by atoms with Crippen molar-refractivity contribution in [1.29, 1.82) is 0 Å². The summed E-state index contributed by atoms with van der Waals surface area (Å²) in [5, 5.41) is 5.80. The number of benzene rings is 1. The lowest BCUT2D eigenvalue weighted by Crippen LogP contribution is -2.02. The molecule has 0 aliphatic carbocycles. The molecule has 2 rings (SSSR count). The van der Waals surface area contributed by atoms with Crippen LogP contribution in [0.5, 0.6) is 0 Å². The van der Waals surface area contributed by atoms with Crippen molar-refractivity contribution < 1.29 is 13.2 Å². The SMILES string of the molecule is CCCNc1cncc(Nc2cc(F)c(F)cc2F)c1. The number of hydrogen-bond donors (Lipinski definition) is 2. The molecule has 2 N–H and O–H groups in total. The van der Waals surface area contributed by atoms with Gasteiger partial charge in [0.2, 0.25) is 0 Å². The van der Waals surface area contributed by atoms with E-state index in [2.05, 4.69) is 15.6 Å². The molecular weight excluding hydrogens is 267 g/mol. The van der Waals surface area contributed by atoms with Gasteiger partial charge in [-0.3, -0.25) is 4.98 Å². The highest BCUT2D eigenvalue weighted by atomic mass is 19.2. The highest BCUT2D eigenvalue weighted by Gasteiger charge is 2.10. The fourth-order valence-corrected chi connectivity index (χ4v) is 1.65. The number of nitrogens with zero attached hydrogens (tertiary/aromatic N) is 1. The molecule has 0 aliphatic heterocycles. The van der Waals surface area contributed by atoms with Gasteiger partial charge in [-0.1, -0.05) is 6.92 Å². The summed E-state index contributed by atoms with van der Waals surface area (Å²) >= 11 is 0.